The number of hydrogen-bond donors (Lipinski definition) is 1. The van der Waals surface area contributed by atoms with Gasteiger partial charge >= 0.3 is 0 Å². The van der Waals surface area contributed by atoms with Crippen molar-refractivity contribution in [3.63, 3.8) is 0 Å². The van der Waals surface area contributed by atoms with Crippen LogP contribution in [0.5, 0.6) is 5.75 Å². The van der Waals surface area contributed by atoms with Crippen molar-refractivity contribution in [2.24, 2.45) is 0 Å². The average molecular weight is 408 g/mol. The number of benzene rings is 2. The first kappa shape index (κ1) is 21.6. The normalized spacial score (nSPS) is 16.3. The summed E-state index contributed by atoms with van der Waals surface area (Å²) in [6.07, 6.45) is 2.46. The summed E-state index contributed by atoms with van der Waals surface area (Å²) in [7, 11) is 0. The van der Waals surface area contributed by atoms with Crippen LogP contribution < -0.4 is 4.74 Å². The Hall–Kier alpha value is -3.08. The van der Waals surface area contributed by atoms with E-state index in [9.17, 15) is 14.7 Å². The molecule has 0 radical (unpaired) electrons. The highest BCUT2D eigenvalue weighted by molar-refractivity contribution is 6.09. The van der Waals surface area contributed by atoms with E-state index in [2.05, 4.69) is 0 Å². The molecule has 0 bridgehead atoms. The lowest BCUT2D eigenvalue weighted by Crippen LogP contribution is -2.31. The number of ether oxygens (including phenoxy) is 1. The molecule has 1 heterocycles. The monoisotopic (exact) mass is 407 g/mol. The van der Waals surface area contributed by atoms with Crippen LogP contribution >= 0.6 is 0 Å². The number of hydrogen-bond acceptors (Lipinski definition) is 4. The van der Waals surface area contributed by atoms with E-state index in [1.54, 1.807) is 4.90 Å². The maximum Gasteiger partial charge on any atom is 0.290 e. The highest BCUT2D eigenvalue weighted by atomic mass is 16.5. The topological polar surface area (TPSA) is 66.8 Å². The van der Waals surface area contributed by atoms with Crippen LogP contribution in [0.1, 0.15) is 50.3 Å². The standard InChI is InChI=1S/C25H29NO4/c1-3-16-26-23(19-11-13-20(14-12-19)30-17-4-2)22(24(28)25(26)29)21(27)15-10-18-8-6-5-7-9-18/h5-9,11-14,23,28H,3-4,10,15-17H2,1-2H3. The van der Waals surface area contributed by atoms with Gasteiger partial charge in [0.2, 0.25) is 0 Å². The van der Waals surface area contributed by atoms with Gasteiger partial charge in [-0.1, -0.05) is 56.3 Å². The van der Waals surface area contributed by atoms with Crippen molar-refractivity contribution in [2.75, 3.05) is 13.2 Å². The van der Waals surface area contributed by atoms with Crippen LogP contribution in [0.3, 0.4) is 0 Å². The minimum absolute atomic E-state index is 0.195. The molecular weight excluding hydrogens is 378 g/mol. The Kier molecular flexibility index (Phi) is 7.28. The minimum Gasteiger partial charge on any atom is -0.503 e. The van der Waals surface area contributed by atoms with Crippen molar-refractivity contribution in [1.29, 1.82) is 0 Å². The second kappa shape index (κ2) is 10.1. The zero-order valence-corrected chi connectivity index (χ0v) is 17.6. The van der Waals surface area contributed by atoms with Crippen molar-refractivity contribution < 1.29 is 19.4 Å². The maximum absolute atomic E-state index is 13.1. The summed E-state index contributed by atoms with van der Waals surface area (Å²) in [5.74, 6) is -0.342. The number of aliphatic hydroxyl groups excluding tert-OH is 1. The summed E-state index contributed by atoms with van der Waals surface area (Å²) in [5, 5.41) is 10.6. The lowest BCUT2D eigenvalue weighted by molar-refractivity contribution is -0.129. The molecule has 2 aromatic carbocycles. The molecule has 0 spiro atoms. The van der Waals surface area contributed by atoms with E-state index >= 15 is 0 Å². The Labute approximate surface area is 178 Å². The molecule has 5 nitrogen and oxygen atoms in total. The van der Waals surface area contributed by atoms with Crippen LogP contribution in [0.2, 0.25) is 0 Å². The second-order valence-corrected chi connectivity index (χ2v) is 7.49. The van der Waals surface area contributed by atoms with Gasteiger partial charge in [0.15, 0.2) is 11.5 Å². The molecule has 0 fully saturated rings. The molecule has 5 heteroatoms. The van der Waals surface area contributed by atoms with Crippen LogP contribution in [-0.2, 0) is 16.0 Å². The number of Topliss-reactive ketones (excluding diaryl/α,β-unsaturated/α-hetero) is 1. The zero-order chi connectivity index (χ0) is 21.5. The molecule has 158 valence electrons. The summed E-state index contributed by atoms with van der Waals surface area (Å²) in [6.45, 7) is 5.12. The highest BCUT2D eigenvalue weighted by Crippen LogP contribution is 2.39. The van der Waals surface area contributed by atoms with E-state index in [1.807, 2.05) is 68.4 Å². The molecule has 1 aliphatic heterocycles. The Balaban J connectivity index is 1.86. The van der Waals surface area contributed by atoms with Gasteiger partial charge in [0.05, 0.1) is 18.2 Å². The van der Waals surface area contributed by atoms with Gasteiger partial charge in [-0.25, -0.2) is 0 Å². The number of aliphatic hydroxyl groups is 1. The molecule has 1 N–H and O–H groups in total. The number of carbonyl (C=O) groups excluding carboxylic acids is 2. The van der Waals surface area contributed by atoms with Gasteiger partial charge in [0.1, 0.15) is 5.75 Å². The molecule has 1 unspecified atom stereocenters. The van der Waals surface area contributed by atoms with Crippen molar-refractivity contribution in [3.8, 4) is 5.75 Å². The molecule has 3 rings (SSSR count). The van der Waals surface area contributed by atoms with Gasteiger partial charge in [-0.3, -0.25) is 9.59 Å². The summed E-state index contributed by atoms with van der Waals surface area (Å²) in [6, 6.07) is 16.6. The maximum atomic E-state index is 13.1. The Morgan fingerprint density at radius 1 is 1.03 bits per heavy atom. The largest absolute Gasteiger partial charge is 0.503 e. The van der Waals surface area contributed by atoms with Crippen LogP contribution in [0, 0.1) is 0 Å². The van der Waals surface area contributed by atoms with E-state index in [0.29, 0.717) is 19.6 Å². The van der Waals surface area contributed by atoms with Crippen molar-refractivity contribution >= 4 is 11.7 Å². The van der Waals surface area contributed by atoms with Gasteiger partial charge in [0, 0.05) is 13.0 Å². The summed E-state index contributed by atoms with van der Waals surface area (Å²) in [5.41, 5.74) is 2.05. The lowest BCUT2D eigenvalue weighted by Gasteiger charge is -2.26. The number of aryl methyl sites for hydroxylation is 1. The molecule has 30 heavy (non-hydrogen) atoms. The molecule has 1 aliphatic rings. The first-order chi connectivity index (χ1) is 14.6. The smallest absolute Gasteiger partial charge is 0.290 e. The first-order valence-electron chi connectivity index (χ1n) is 10.6. The van der Waals surface area contributed by atoms with Crippen LogP contribution in [0.15, 0.2) is 65.9 Å². The minimum atomic E-state index is -0.569. The number of ketones is 1. The number of amides is 1. The van der Waals surface area contributed by atoms with E-state index in [4.69, 9.17) is 4.74 Å². The molecule has 0 saturated heterocycles. The Morgan fingerprint density at radius 3 is 2.37 bits per heavy atom. The summed E-state index contributed by atoms with van der Waals surface area (Å²) >= 11 is 0. The van der Waals surface area contributed by atoms with E-state index in [-0.39, 0.29) is 17.8 Å². The van der Waals surface area contributed by atoms with Gasteiger partial charge < -0.3 is 14.7 Å². The number of nitrogens with zero attached hydrogens (tertiary/aromatic N) is 1. The molecule has 0 aromatic heterocycles. The third kappa shape index (κ3) is 4.73. The first-order valence-corrected chi connectivity index (χ1v) is 10.6. The van der Waals surface area contributed by atoms with Crippen LogP contribution in [0.4, 0.5) is 0 Å². The predicted octanol–water partition coefficient (Wildman–Crippen LogP) is 4.78. The third-order valence-electron chi connectivity index (χ3n) is 5.22. The molecule has 0 aliphatic carbocycles. The van der Waals surface area contributed by atoms with Crippen LogP contribution in [-0.4, -0.2) is 34.8 Å². The van der Waals surface area contributed by atoms with Crippen molar-refractivity contribution in [1.82, 2.24) is 4.90 Å². The van der Waals surface area contributed by atoms with E-state index in [0.717, 1.165) is 29.7 Å². The summed E-state index contributed by atoms with van der Waals surface area (Å²) in [4.78, 5) is 27.4. The van der Waals surface area contributed by atoms with E-state index in [1.165, 1.54) is 0 Å². The van der Waals surface area contributed by atoms with Gasteiger partial charge in [0.25, 0.3) is 5.91 Å². The zero-order valence-electron chi connectivity index (χ0n) is 17.6. The van der Waals surface area contributed by atoms with Crippen molar-refractivity contribution in [3.05, 3.63) is 77.1 Å². The molecule has 1 amide bonds. The molecular formula is C25H29NO4. The average Bonchev–Trinajstić information content (AvgIpc) is 3.02. The predicted molar refractivity (Wildman–Crippen MR) is 116 cm³/mol. The van der Waals surface area contributed by atoms with E-state index < -0.39 is 17.7 Å². The summed E-state index contributed by atoms with van der Waals surface area (Å²) < 4.78 is 5.64. The van der Waals surface area contributed by atoms with Crippen molar-refractivity contribution in [2.45, 2.75) is 45.6 Å². The molecule has 2 aromatic rings. The molecule has 1 atom stereocenters. The SMILES string of the molecule is CCCOc1ccc(C2C(C(=O)CCc3ccccc3)=C(O)C(=O)N2CCC)cc1. The third-order valence-corrected chi connectivity index (χ3v) is 5.22. The molecule has 0 saturated carbocycles. The van der Waals surface area contributed by atoms with Gasteiger partial charge in [-0.15, -0.1) is 0 Å². The fourth-order valence-electron chi connectivity index (χ4n) is 3.76. The Morgan fingerprint density at radius 2 is 1.73 bits per heavy atom. The number of carbonyl (C=O) groups is 2. The number of rotatable bonds is 10. The second-order valence-electron chi connectivity index (χ2n) is 7.49. The lowest BCUT2D eigenvalue weighted by atomic mass is 9.93. The quantitative estimate of drug-likeness (QED) is 0.615. The van der Waals surface area contributed by atoms with Gasteiger partial charge in [-0.2, -0.15) is 0 Å². The van der Waals surface area contributed by atoms with Gasteiger partial charge in [-0.05, 0) is 42.5 Å². The van der Waals surface area contributed by atoms with Crippen LogP contribution in [0.25, 0.3) is 0 Å². The fourth-order valence-corrected chi connectivity index (χ4v) is 3.76. The fraction of sp³-hybridized carbons (Fsp3) is 0.360. The highest BCUT2D eigenvalue weighted by Gasteiger charge is 2.42. The Bertz CT molecular complexity index is 903.